The fourth-order valence-electron chi connectivity index (χ4n) is 12.6. The third kappa shape index (κ3) is 9.02. The molecule has 9 rings (SSSR count). The van der Waals surface area contributed by atoms with Crippen LogP contribution in [0, 0.1) is 27.6 Å². The number of fused-ring (bicyclic) bond motifs is 3. The Morgan fingerprint density at radius 2 is 1.32 bits per heavy atom. The van der Waals surface area contributed by atoms with Gasteiger partial charge in [0.15, 0.2) is 0 Å². The molecule has 5 unspecified atom stereocenters. The summed E-state index contributed by atoms with van der Waals surface area (Å²) in [7, 11) is 0. The summed E-state index contributed by atoms with van der Waals surface area (Å²) in [6.07, 6.45) is 35.8. The molecule has 66 heavy (non-hydrogen) atoms. The normalized spacial score (nSPS) is 26.2. The monoisotopic (exact) mass is 879 g/mol. The first kappa shape index (κ1) is 49.5. The molecule has 0 aromatic heterocycles. The van der Waals surface area contributed by atoms with E-state index in [2.05, 4.69) is 173 Å². The average Bonchev–Trinajstić information content (AvgIpc) is 4.22. The maximum atomic E-state index is 5.11. The van der Waals surface area contributed by atoms with Gasteiger partial charge < -0.3 is 0 Å². The van der Waals surface area contributed by atoms with Gasteiger partial charge in [0.1, 0.15) is 0 Å². The fraction of sp³-hybridized carbons (Fsp3) is 0.485. The van der Waals surface area contributed by atoms with Crippen molar-refractivity contribution < 1.29 is 0 Å². The minimum atomic E-state index is -0.475. The molecule has 0 nitrogen and oxygen atoms in total. The van der Waals surface area contributed by atoms with Gasteiger partial charge in [0, 0.05) is 0 Å². The van der Waals surface area contributed by atoms with E-state index in [1.807, 2.05) is 27.7 Å². The Morgan fingerprint density at radius 3 is 1.88 bits per heavy atom. The minimum absolute atomic E-state index is 0.0964. The first-order chi connectivity index (χ1) is 31.5. The summed E-state index contributed by atoms with van der Waals surface area (Å²) in [6.45, 7) is 41.3. The summed E-state index contributed by atoms with van der Waals surface area (Å²) in [6, 6.07) is 14.5. The van der Waals surface area contributed by atoms with Crippen LogP contribution in [-0.4, -0.2) is 0 Å². The first-order valence-corrected chi connectivity index (χ1v) is 26.3. The summed E-state index contributed by atoms with van der Waals surface area (Å²) >= 11 is 0. The Labute approximate surface area is 404 Å². The predicted octanol–water partition coefficient (Wildman–Crippen LogP) is 19.6. The number of allylic oxidation sites excluding steroid dienone is 20. The molecule has 2 aromatic carbocycles. The molecule has 3 fully saturated rings. The third-order valence-corrected chi connectivity index (χ3v) is 16.9. The largest absolute Gasteiger partial charge is 0.0943 e. The molecule has 7 aliphatic carbocycles. The van der Waals surface area contributed by atoms with Crippen molar-refractivity contribution in [3.63, 3.8) is 0 Å². The van der Waals surface area contributed by atoms with Gasteiger partial charge in [0.05, 0.1) is 5.41 Å². The van der Waals surface area contributed by atoms with E-state index < -0.39 is 5.41 Å². The highest BCUT2D eigenvalue weighted by Gasteiger charge is 2.69. The van der Waals surface area contributed by atoms with Gasteiger partial charge >= 0.3 is 0 Å². The van der Waals surface area contributed by atoms with E-state index in [9.17, 15) is 0 Å². The highest BCUT2D eigenvalue weighted by Crippen LogP contribution is 2.81. The van der Waals surface area contributed by atoms with Crippen LogP contribution in [0.15, 0.2) is 155 Å². The van der Waals surface area contributed by atoms with Crippen LogP contribution in [0.3, 0.4) is 0 Å². The summed E-state index contributed by atoms with van der Waals surface area (Å²) in [5.74, 6) is 3.08. The molecular weight excluding hydrogens is 793 g/mol. The lowest BCUT2D eigenvalue weighted by Crippen LogP contribution is -2.36. The maximum absolute atomic E-state index is 5.11. The highest BCUT2D eigenvalue weighted by molar-refractivity contribution is 5.74. The van der Waals surface area contributed by atoms with Crippen molar-refractivity contribution in [2.24, 2.45) is 27.6 Å². The second-order valence-electron chi connectivity index (χ2n) is 22.7. The number of rotatable bonds is 11. The zero-order valence-electron chi connectivity index (χ0n) is 44.0. The van der Waals surface area contributed by atoms with E-state index in [-0.39, 0.29) is 10.8 Å². The molecule has 0 aliphatic heterocycles. The zero-order valence-corrected chi connectivity index (χ0v) is 44.0. The molecule has 7 aliphatic rings. The predicted molar refractivity (Wildman–Crippen MR) is 291 cm³/mol. The van der Waals surface area contributed by atoms with Crippen LogP contribution in [0.25, 0.3) is 11.1 Å². The quantitative estimate of drug-likeness (QED) is 0.156. The molecule has 3 saturated carbocycles. The molecule has 5 atom stereocenters. The molecule has 0 amide bonds. The van der Waals surface area contributed by atoms with Crippen LogP contribution >= 0.6 is 0 Å². The summed E-state index contributed by atoms with van der Waals surface area (Å²) in [5.41, 5.74) is 23.4. The van der Waals surface area contributed by atoms with Gasteiger partial charge in [-0.15, -0.1) is 0 Å². The van der Waals surface area contributed by atoms with Crippen molar-refractivity contribution in [3.8, 4) is 0 Å². The van der Waals surface area contributed by atoms with E-state index >= 15 is 0 Å². The van der Waals surface area contributed by atoms with E-state index in [1.165, 1.54) is 70.2 Å². The molecule has 0 radical (unpaired) electrons. The topological polar surface area (TPSA) is 0 Å². The molecule has 1 spiro atoms. The lowest BCUT2D eigenvalue weighted by molar-refractivity contribution is 0.235. The van der Waals surface area contributed by atoms with Crippen molar-refractivity contribution in [1.29, 1.82) is 0 Å². The molecule has 0 saturated heterocycles. The van der Waals surface area contributed by atoms with Crippen LogP contribution in [0.2, 0.25) is 0 Å². The standard InChI is InChI=1S/C62H74.2C2H6/c1-13-14-21-44-22-23-45(34-53(44)52-32-41(52)4)39(2)17-15-19-42(5)62(43(6)20-16-18-40(3)46-26-29-51-54(35-46)58-38-61(58)31-30-55(51)61)56-36-49(59(7,8)9)27-24-47(56)33-48-25-28-50(37-57(48)62)60(10,11)12;2*1-2/h13-20,22-23,26,29,34-37,41,52,55,58H,2,6,21,24-25,27-28,30-33,38H2,1,3-5,7-12H3;2*1-2H3/b14-13+,17-15-,20-16-,40-18+,42-19+;;. The smallest absolute Gasteiger partial charge is 0.0655 e. The van der Waals surface area contributed by atoms with Gasteiger partial charge in [0.25, 0.3) is 0 Å². The molecule has 2 aromatic rings. The van der Waals surface area contributed by atoms with Crippen LogP contribution in [0.5, 0.6) is 0 Å². The summed E-state index contributed by atoms with van der Waals surface area (Å²) < 4.78 is 0. The lowest BCUT2D eigenvalue weighted by atomic mass is 9.54. The Morgan fingerprint density at radius 1 is 0.727 bits per heavy atom. The van der Waals surface area contributed by atoms with Gasteiger partial charge in [-0.1, -0.05) is 214 Å². The zero-order chi connectivity index (χ0) is 47.9. The summed E-state index contributed by atoms with van der Waals surface area (Å²) in [4.78, 5) is 0. The maximum Gasteiger partial charge on any atom is 0.0655 e. The van der Waals surface area contributed by atoms with Crippen molar-refractivity contribution in [2.75, 3.05) is 0 Å². The molecule has 0 N–H and O–H groups in total. The van der Waals surface area contributed by atoms with Gasteiger partial charge in [-0.05, 0) is 186 Å². The molecule has 0 heterocycles. The van der Waals surface area contributed by atoms with Gasteiger partial charge in [-0.2, -0.15) is 0 Å². The average molecular weight is 879 g/mol. The van der Waals surface area contributed by atoms with E-state index in [4.69, 9.17) is 6.58 Å². The van der Waals surface area contributed by atoms with E-state index in [0.717, 1.165) is 67.4 Å². The Bertz CT molecular complexity index is 2460. The SMILES string of the molecule is C=C(/C=C\C=C(/C)C1(C(=C)/C=C\C=C(/C)c2ccc3c(c2)C2CC24CCC34)C2=C(CCC(C(C)(C)C)=C2)CC2=C1C=C(C(C)(C)C)CC2)c1ccc(C/C=C/C)c(C2CC2C)c1.CC.CC. The van der Waals surface area contributed by atoms with Crippen molar-refractivity contribution in [2.45, 2.75) is 179 Å². The van der Waals surface area contributed by atoms with Gasteiger partial charge in [-0.3, -0.25) is 0 Å². The highest BCUT2D eigenvalue weighted by atomic mass is 14.7. The third-order valence-electron chi connectivity index (χ3n) is 16.9. The molecule has 0 bridgehead atoms. The Balaban J connectivity index is 0.00000158. The summed E-state index contributed by atoms with van der Waals surface area (Å²) in [5, 5.41) is 0. The van der Waals surface area contributed by atoms with Crippen LogP contribution < -0.4 is 0 Å². The van der Waals surface area contributed by atoms with E-state index in [1.54, 1.807) is 33.4 Å². The van der Waals surface area contributed by atoms with Crippen LogP contribution in [0.1, 0.15) is 206 Å². The first-order valence-electron chi connectivity index (χ1n) is 26.3. The number of benzene rings is 2. The van der Waals surface area contributed by atoms with Gasteiger partial charge in [-0.25, -0.2) is 0 Å². The van der Waals surface area contributed by atoms with Crippen molar-refractivity contribution >= 4 is 11.1 Å². The Kier molecular flexibility index (Phi) is 14.5. The second kappa shape index (κ2) is 19.3. The molecule has 0 heteroatoms. The van der Waals surface area contributed by atoms with Gasteiger partial charge in [0.2, 0.25) is 0 Å². The number of hydrogen-bond acceptors (Lipinski definition) is 0. The van der Waals surface area contributed by atoms with Crippen molar-refractivity contribution in [3.05, 3.63) is 188 Å². The van der Waals surface area contributed by atoms with Crippen LogP contribution in [-0.2, 0) is 6.42 Å². The van der Waals surface area contributed by atoms with E-state index in [0.29, 0.717) is 11.3 Å². The van der Waals surface area contributed by atoms with Crippen molar-refractivity contribution in [1.82, 2.24) is 0 Å². The number of hydrogen-bond donors (Lipinski definition) is 0. The minimum Gasteiger partial charge on any atom is -0.0943 e. The second-order valence-corrected chi connectivity index (χ2v) is 22.7. The molecular formula is C66H86. The molecule has 350 valence electrons. The Hall–Kier alpha value is -4.42. The lowest BCUT2D eigenvalue weighted by Gasteiger charge is -2.48. The van der Waals surface area contributed by atoms with Crippen LogP contribution in [0.4, 0.5) is 0 Å². The fourth-order valence-corrected chi connectivity index (χ4v) is 12.6.